The smallest absolute Gasteiger partial charge is 0.308 e. The van der Waals surface area contributed by atoms with E-state index in [4.69, 9.17) is 9.84 Å². The number of aliphatic carboxylic acids is 1. The van der Waals surface area contributed by atoms with Gasteiger partial charge in [0.1, 0.15) is 5.75 Å². The van der Waals surface area contributed by atoms with Crippen LogP contribution in [0.1, 0.15) is 30.7 Å². The number of hydrogen-bond donors (Lipinski definition) is 1. The molecule has 1 fully saturated rings. The van der Waals surface area contributed by atoms with E-state index in [1.54, 1.807) is 4.90 Å². The third kappa shape index (κ3) is 2.86. The molecule has 1 aromatic carbocycles. The Morgan fingerprint density at radius 3 is 2.86 bits per heavy atom. The van der Waals surface area contributed by atoms with Crippen molar-refractivity contribution in [1.82, 2.24) is 4.90 Å². The van der Waals surface area contributed by atoms with E-state index in [0.29, 0.717) is 32.5 Å². The van der Waals surface area contributed by atoms with Crippen molar-refractivity contribution >= 4 is 11.9 Å². The summed E-state index contributed by atoms with van der Waals surface area (Å²) in [6.45, 7) is 1.53. The molecule has 0 saturated carbocycles. The number of nitrogens with zero attached hydrogens (tertiary/aromatic N) is 1. The van der Waals surface area contributed by atoms with E-state index in [1.165, 1.54) is 0 Å². The van der Waals surface area contributed by atoms with Gasteiger partial charge < -0.3 is 14.7 Å². The predicted octanol–water partition coefficient (Wildman–Crippen LogP) is 1.88. The second kappa shape index (κ2) is 5.76. The minimum atomic E-state index is -0.804. The molecule has 5 heteroatoms. The molecule has 2 atom stereocenters. The Kier molecular flexibility index (Phi) is 3.82. The lowest BCUT2D eigenvalue weighted by Crippen LogP contribution is -2.31. The highest BCUT2D eigenvalue weighted by Crippen LogP contribution is 2.36. The zero-order valence-electron chi connectivity index (χ0n) is 11.8. The number of carbonyl (C=O) groups is 2. The first kappa shape index (κ1) is 13.9. The van der Waals surface area contributed by atoms with Crippen molar-refractivity contribution < 1.29 is 19.4 Å². The van der Waals surface area contributed by atoms with Crippen LogP contribution in [-0.4, -0.2) is 41.6 Å². The quantitative estimate of drug-likeness (QED) is 0.922. The Bertz CT molecular complexity index is 557. The van der Waals surface area contributed by atoms with E-state index in [0.717, 1.165) is 17.7 Å². The van der Waals surface area contributed by atoms with Crippen molar-refractivity contribution in [2.45, 2.75) is 25.2 Å². The number of carboxylic acids is 1. The Morgan fingerprint density at radius 2 is 2.10 bits per heavy atom. The molecular weight excluding hydrogens is 270 g/mol. The zero-order chi connectivity index (χ0) is 14.8. The molecule has 0 bridgehead atoms. The fourth-order valence-electron chi connectivity index (χ4n) is 3.16. The first-order chi connectivity index (χ1) is 10.1. The number of carboxylic acid groups (broad SMARTS) is 1. The summed E-state index contributed by atoms with van der Waals surface area (Å²) in [5, 5.41) is 9.01. The van der Waals surface area contributed by atoms with Crippen molar-refractivity contribution in [2.24, 2.45) is 5.92 Å². The lowest BCUT2D eigenvalue weighted by Gasteiger charge is -2.27. The molecule has 2 aliphatic rings. The van der Waals surface area contributed by atoms with Crippen LogP contribution in [0.15, 0.2) is 24.3 Å². The van der Waals surface area contributed by atoms with Crippen LogP contribution in [0.2, 0.25) is 0 Å². The topological polar surface area (TPSA) is 66.8 Å². The van der Waals surface area contributed by atoms with Crippen molar-refractivity contribution in [3.63, 3.8) is 0 Å². The minimum absolute atomic E-state index is 0.0560. The Hall–Kier alpha value is -2.04. The highest BCUT2D eigenvalue weighted by atomic mass is 16.5. The summed E-state index contributed by atoms with van der Waals surface area (Å²) in [7, 11) is 0. The highest BCUT2D eigenvalue weighted by Gasteiger charge is 2.32. The number of ether oxygens (including phenoxy) is 1. The first-order valence-corrected chi connectivity index (χ1v) is 7.37. The van der Waals surface area contributed by atoms with Gasteiger partial charge in [-0.05, 0) is 30.4 Å². The standard InChI is InChI=1S/C16H19NO4/c18-15(17-7-5-12(10-17)16(19)20)9-11-6-8-21-14-4-2-1-3-13(11)14/h1-4,11-12H,5-10H2,(H,19,20)/t11-,12-/m0/s1. The maximum absolute atomic E-state index is 12.4. The SMILES string of the molecule is O=C(O)[C@H]1CCN(C(=O)C[C@@H]2CCOc3ccccc32)C1. The fraction of sp³-hybridized carbons (Fsp3) is 0.500. The number of fused-ring (bicyclic) bond motifs is 1. The van der Waals surface area contributed by atoms with Gasteiger partial charge in [0.2, 0.25) is 5.91 Å². The second-order valence-corrected chi connectivity index (χ2v) is 5.74. The second-order valence-electron chi connectivity index (χ2n) is 5.74. The lowest BCUT2D eigenvalue weighted by molar-refractivity contribution is -0.141. The van der Waals surface area contributed by atoms with Gasteiger partial charge in [0.25, 0.3) is 0 Å². The Balaban J connectivity index is 1.65. The molecule has 5 nitrogen and oxygen atoms in total. The van der Waals surface area contributed by atoms with Gasteiger partial charge in [-0.3, -0.25) is 9.59 Å². The van der Waals surface area contributed by atoms with Gasteiger partial charge in [0.15, 0.2) is 0 Å². The normalized spacial score (nSPS) is 24.3. The van der Waals surface area contributed by atoms with Gasteiger partial charge in [-0.2, -0.15) is 0 Å². The Labute approximate surface area is 123 Å². The van der Waals surface area contributed by atoms with Crippen LogP contribution in [0.25, 0.3) is 0 Å². The molecule has 1 aromatic rings. The molecule has 1 saturated heterocycles. The monoisotopic (exact) mass is 289 g/mol. The molecule has 0 aliphatic carbocycles. The van der Waals surface area contributed by atoms with Gasteiger partial charge >= 0.3 is 5.97 Å². The molecule has 3 rings (SSSR count). The van der Waals surface area contributed by atoms with E-state index in [1.807, 2.05) is 24.3 Å². The fourth-order valence-corrected chi connectivity index (χ4v) is 3.16. The predicted molar refractivity (Wildman–Crippen MR) is 76.2 cm³/mol. The summed E-state index contributed by atoms with van der Waals surface area (Å²) in [6.07, 6.45) is 1.83. The van der Waals surface area contributed by atoms with E-state index in [2.05, 4.69) is 0 Å². The molecule has 0 aromatic heterocycles. The van der Waals surface area contributed by atoms with E-state index < -0.39 is 11.9 Å². The van der Waals surface area contributed by atoms with E-state index >= 15 is 0 Å². The molecule has 21 heavy (non-hydrogen) atoms. The first-order valence-electron chi connectivity index (χ1n) is 7.37. The summed E-state index contributed by atoms with van der Waals surface area (Å²) in [4.78, 5) is 25.0. The van der Waals surface area contributed by atoms with Gasteiger partial charge in [0.05, 0.1) is 12.5 Å². The minimum Gasteiger partial charge on any atom is -0.493 e. The molecule has 0 unspecified atom stereocenters. The lowest BCUT2D eigenvalue weighted by atomic mass is 9.90. The molecule has 112 valence electrons. The van der Waals surface area contributed by atoms with E-state index in [9.17, 15) is 9.59 Å². The summed E-state index contributed by atoms with van der Waals surface area (Å²) >= 11 is 0. The summed E-state index contributed by atoms with van der Waals surface area (Å²) in [5.41, 5.74) is 1.09. The number of carbonyl (C=O) groups excluding carboxylic acids is 1. The van der Waals surface area contributed by atoms with Gasteiger partial charge in [-0.15, -0.1) is 0 Å². The summed E-state index contributed by atoms with van der Waals surface area (Å²) in [5.74, 6) is -0.115. The van der Waals surface area contributed by atoms with Crippen LogP contribution in [0.4, 0.5) is 0 Å². The van der Waals surface area contributed by atoms with Crippen molar-refractivity contribution in [1.29, 1.82) is 0 Å². The van der Waals surface area contributed by atoms with Crippen LogP contribution < -0.4 is 4.74 Å². The van der Waals surface area contributed by atoms with Crippen LogP contribution in [0.3, 0.4) is 0 Å². The molecular formula is C16H19NO4. The van der Waals surface area contributed by atoms with Crippen LogP contribution in [-0.2, 0) is 9.59 Å². The number of para-hydroxylation sites is 1. The van der Waals surface area contributed by atoms with Crippen LogP contribution in [0.5, 0.6) is 5.75 Å². The third-order valence-corrected chi connectivity index (χ3v) is 4.39. The number of amides is 1. The number of benzene rings is 1. The molecule has 2 heterocycles. The Morgan fingerprint density at radius 1 is 1.29 bits per heavy atom. The van der Waals surface area contributed by atoms with Gasteiger partial charge in [0, 0.05) is 19.5 Å². The average Bonchev–Trinajstić information content (AvgIpc) is 2.98. The molecule has 1 amide bonds. The van der Waals surface area contributed by atoms with E-state index in [-0.39, 0.29) is 11.8 Å². The van der Waals surface area contributed by atoms with Crippen LogP contribution in [0, 0.1) is 5.92 Å². The zero-order valence-corrected chi connectivity index (χ0v) is 11.8. The number of rotatable bonds is 3. The molecule has 2 aliphatic heterocycles. The van der Waals surface area contributed by atoms with Crippen molar-refractivity contribution in [3.05, 3.63) is 29.8 Å². The molecule has 0 radical (unpaired) electrons. The summed E-state index contributed by atoms with van der Waals surface area (Å²) in [6, 6.07) is 7.83. The van der Waals surface area contributed by atoms with Crippen LogP contribution >= 0.6 is 0 Å². The maximum Gasteiger partial charge on any atom is 0.308 e. The maximum atomic E-state index is 12.4. The average molecular weight is 289 g/mol. The third-order valence-electron chi connectivity index (χ3n) is 4.39. The molecule has 1 N–H and O–H groups in total. The number of likely N-dealkylation sites (tertiary alicyclic amines) is 1. The molecule has 0 spiro atoms. The largest absolute Gasteiger partial charge is 0.493 e. The number of hydrogen-bond acceptors (Lipinski definition) is 3. The summed E-state index contributed by atoms with van der Waals surface area (Å²) < 4.78 is 5.61. The van der Waals surface area contributed by atoms with Crippen molar-refractivity contribution in [3.8, 4) is 5.75 Å². The van der Waals surface area contributed by atoms with Crippen molar-refractivity contribution in [2.75, 3.05) is 19.7 Å². The highest BCUT2D eigenvalue weighted by molar-refractivity contribution is 5.79. The van der Waals surface area contributed by atoms with Gasteiger partial charge in [-0.25, -0.2) is 0 Å². The van der Waals surface area contributed by atoms with Gasteiger partial charge in [-0.1, -0.05) is 18.2 Å².